The van der Waals surface area contributed by atoms with Gasteiger partial charge in [-0.2, -0.15) is 0 Å². The SMILES string of the molecule is Cc1ccc2cc(C(c3nnnn3C3CCCC3)N3CCN(c4ccc(F)cc4)CC3)c(=O)[nH]c2c1. The van der Waals surface area contributed by atoms with Crippen molar-refractivity contribution in [3.8, 4) is 0 Å². The van der Waals surface area contributed by atoms with Gasteiger partial charge in [0.1, 0.15) is 11.9 Å². The molecular formula is C27H30FN7O. The van der Waals surface area contributed by atoms with E-state index in [1.54, 1.807) is 0 Å². The summed E-state index contributed by atoms with van der Waals surface area (Å²) in [6.45, 7) is 5.00. The maximum Gasteiger partial charge on any atom is 0.253 e. The fraction of sp³-hybridized carbons (Fsp3) is 0.407. The van der Waals surface area contributed by atoms with Crippen molar-refractivity contribution in [2.75, 3.05) is 31.1 Å². The molecule has 36 heavy (non-hydrogen) atoms. The lowest BCUT2D eigenvalue weighted by atomic mass is 10.0. The van der Waals surface area contributed by atoms with Crippen LogP contribution in [-0.2, 0) is 0 Å². The summed E-state index contributed by atoms with van der Waals surface area (Å²) in [4.78, 5) is 21.1. The van der Waals surface area contributed by atoms with Gasteiger partial charge in [0, 0.05) is 42.9 Å². The fourth-order valence-corrected chi connectivity index (χ4v) is 5.71. The van der Waals surface area contributed by atoms with Gasteiger partial charge in [-0.05, 0) is 77.5 Å². The van der Waals surface area contributed by atoms with Gasteiger partial charge in [-0.15, -0.1) is 5.10 Å². The normalized spacial score (nSPS) is 18.2. The zero-order chi connectivity index (χ0) is 24.6. The molecule has 0 bridgehead atoms. The number of aromatic amines is 1. The van der Waals surface area contributed by atoms with Gasteiger partial charge >= 0.3 is 0 Å². The monoisotopic (exact) mass is 487 g/mol. The highest BCUT2D eigenvalue weighted by molar-refractivity contribution is 5.79. The number of piperazine rings is 1. The number of hydrogen-bond donors (Lipinski definition) is 1. The molecule has 2 fully saturated rings. The Labute approximate surface area is 208 Å². The van der Waals surface area contributed by atoms with Crippen LogP contribution in [0.3, 0.4) is 0 Å². The molecular weight excluding hydrogens is 457 g/mol. The van der Waals surface area contributed by atoms with Crippen molar-refractivity contribution in [2.45, 2.75) is 44.7 Å². The van der Waals surface area contributed by atoms with E-state index in [0.29, 0.717) is 5.56 Å². The number of nitrogens with one attached hydrogen (secondary N) is 1. The van der Waals surface area contributed by atoms with Crippen LogP contribution in [0.15, 0.2) is 53.3 Å². The molecule has 2 aromatic heterocycles. The van der Waals surface area contributed by atoms with E-state index in [1.165, 1.54) is 25.0 Å². The van der Waals surface area contributed by atoms with Crippen molar-refractivity contribution >= 4 is 16.6 Å². The van der Waals surface area contributed by atoms with Crippen LogP contribution >= 0.6 is 0 Å². The van der Waals surface area contributed by atoms with Crippen molar-refractivity contribution in [1.29, 1.82) is 0 Å². The lowest BCUT2D eigenvalue weighted by molar-refractivity contribution is 0.197. The third-order valence-electron chi connectivity index (χ3n) is 7.63. The van der Waals surface area contributed by atoms with Crippen LogP contribution in [0.2, 0.25) is 0 Å². The Kier molecular flexibility index (Phi) is 6.00. The Hall–Kier alpha value is -3.59. The fourth-order valence-electron chi connectivity index (χ4n) is 5.71. The zero-order valence-electron chi connectivity index (χ0n) is 20.4. The molecule has 8 nitrogen and oxygen atoms in total. The Morgan fingerprint density at radius 1 is 1.00 bits per heavy atom. The molecule has 2 aromatic carbocycles. The van der Waals surface area contributed by atoms with E-state index < -0.39 is 0 Å². The third kappa shape index (κ3) is 4.28. The number of H-pyrrole nitrogens is 1. The summed E-state index contributed by atoms with van der Waals surface area (Å²) >= 11 is 0. The molecule has 1 saturated heterocycles. The second-order valence-electron chi connectivity index (χ2n) is 9.97. The lowest BCUT2D eigenvalue weighted by Crippen LogP contribution is -2.49. The summed E-state index contributed by atoms with van der Waals surface area (Å²) in [5, 5.41) is 13.9. The van der Waals surface area contributed by atoms with Crippen LogP contribution in [0, 0.1) is 12.7 Å². The van der Waals surface area contributed by atoms with Crippen LogP contribution in [0.25, 0.3) is 10.9 Å². The maximum absolute atomic E-state index is 13.5. The molecule has 1 saturated carbocycles. The number of nitrogens with zero attached hydrogens (tertiary/aromatic N) is 6. The molecule has 1 atom stereocenters. The smallest absolute Gasteiger partial charge is 0.253 e. The van der Waals surface area contributed by atoms with Gasteiger partial charge in [0.15, 0.2) is 5.82 Å². The highest BCUT2D eigenvalue weighted by atomic mass is 19.1. The molecule has 0 radical (unpaired) electrons. The number of halogens is 1. The Morgan fingerprint density at radius 2 is 1.75 bits per heavy atom. The maximum atomic E-state index is 13.5. The van der Waals surface area contributed by atoms with E-state index in [-0.39, 0.29) is 23.5 Å². The summed E-state index contributed by atoms with van der Waals surface area (Å²) < 4.78 is 15.4. The molecule has 6 rings (SSSR count). The number of fused-ring (bicyclic) bond motifs is 1. The summed E-state index contributed by atoms with van der Waals surface area (Å²) in [6.07, 6.45) is 4.44. The molecule has 1 N–H and O–H groups in total. The number of anilines is 1. The van der Waals surface area contributed by atoms with Crippen LogP contribution < -0.4 is 10.5 Å². The van der Waals surface area contributed by atoms with E-state index in [1.807, 2.05) is 41.9 Å². The van der Waals surface area contributed by atoms with Gasteiger partial charge in [-0.3, -0.25) is 9.69 Å². The van der Waals surface area contributed by atoms with Crippen molar-refractivity contribution in [2.24, 2.45) is 0 Å². The minimum atomic E-state index is -0.356. The highest BCUT2D eigenvalue weighted by Gasteiger charge is 2.34. The van der Waals surface area contributed by atoms with Crippen molar-refractivity contribution in [3.05, 3.63) is 81.7 Å². The van der Waals surface area contributed by atoms with Crippen molar-refractivity contribution < 1.29 is 4.39 Å². The molecule has 1 unspecified atom stereocenters. The van der Waals surface area contributed by atoms with Crippen molar-refractivity contribution in [1.82, 2.24) is 30.1 Å². The number of benzene rings is 2. The molecule has 186 valence electrons. The van der Waals surface area contributed by atoms with E-state index in [0.717, 1.165) is 67.0 Å². The largest absolute Gasteiger partial charge is 0.369 e. The minimum absolute atomic E-state index is 0.111. The van der Waals surface area contributed by atoms with Gasteiger partial charge in [0.25, 0.3) is 5.56 Å². The predicted molar refractivity (Wildman–Crippen MR) is 137 cm³/mol. The number of aryl methyl sites for hydroxylation is 1. The molecule has 1 aliphatic heterocycles. The number of hydrogen-bond acceptors (Lipinski definition) is 6. The highest BCUT2D eigenvalue weighted by Crippen LogP contribution is 2.34. The van der Waals surface area contributed by atoms with Gasteiger partial charge in [0.2, 0.25) is 0 Å². The Morgan fingerprint density at radius 3 is 2.50 bits per heavy atom. The molecule has 3 heterocycles. The van der Waals surface area contributed by atoms with E-state index in [4.69, 9.17) is 0 Å². The molecule has 1 aliphatic carbocycles. The molecule has 0 amide bonds. The van der Waals surface area contributed by atoms with Crippen LogP contribution in [0.4, 0.5) is 10.1 Å². The van der Waals surface area contributed by atoms with Crippen molar-refractivity contribution in [3.63, 3.8) is 0 Å². The topological polar surface area (TPSA) is 82.9 Å². The third-order valence-corrected chi connectivity index (χ3v) is 7.63. The zero-order valence-corrected chi connectivity index (χ0v) is 20.4. The Balaban J connectivity index is 1.38. The average Bonchev–Trinajstić information content (AvgIpc) is 3.58. The van der Waals surface area contributed by atoms with Gasteiger partial charge < -0.3 is 9.88 Å². The average molecular weight is 488 g/mol. The quantitative estimate of drug-likeness (QED) is 0.458. The number of pyridine rings is 1. The second-order valence-corrected chi connectivity index (χ2v) is 9.97. The first-order valence-corrected chi connectivity index (χ1v) is 12.7. The summed E-state index contributed by atoms with van der Waals surface area (Å²) in [6, 6.07) is 14.6. The predicted octanol–water partition coefficient (Wildman–Crippen LogP) is 3.99. The minimum Gasteiger partial charge on any atom is -0.369 e. The first-order valence-electron chi connectivity index (χ1n) is 12.7. The van der Waals surface area contributed by atoms with Crippen LogP contribution in [-0.4, -0.2) is 56.3 Å². The first kappa shape index (κ1) is 22.8. The molecule has 4 aromatic rings. The van der Waals surface area contributed by atoms with E-state index in [2.05, 4.69) is 36.4 Å². The van der Waals surface area contributed by atoms with Crippen LogP contribution in [0.5, 0.6) is 0 Å². The van der Waals surface area contributed by atoms with E-state index in [9.17, 15) is 9.18 Å². The molecule has 9 heteroatoms. The summed E-state index contributed by atoms with van der Waals surface area (Å²) in [7, 11) is 0. The first-order chi connectivity index (χ1) is 17.6. The molecule has 2 aliphatic rings. The molecule has 0 spiro atoms. The van der Waals surface area contributed by atoms with E-state index >= 15 is 0 Å². The van der Waals surface area contributed by atoms with Gasteiger partial charge in [-0.1, -0.05) is 25.0 Å². The standard InChI is InChI=1S/C27H30FN7O/c1-18-6-7-19-17-23(27(36)29-24(19)16-18)25(26-30-31-32-35(26)22-4-2-3-5-22)34-14-12-33(13-15-34)21-10-8-20(28)9-11-21/h6-11,16-17,22,25H,2-5,12-15H2,1H3,(H,29,36). The van der Waals surface area contributed by atoms with Gasteiger partial charge in [-0.25, -0.2) is 9.07 Å². The summed E-state index contributed by atoms with van der Waals surface area (Å²) in [5.41, 5.74) is 3.49. The number of aromatic nitrogens is 5. The summed E-state index contributed by atoms with van der Waals surface area (Å²) in [5.74, 6) is 0.496. The van der Waals surface area contributed by atoms with Crippen LogP contribution in [0.1, 0.15) is 54.7 Å². The Bertz CT molecular complexity index is 1420. The van der Waals surface area contributed by atoms with Gasteiger partial charge in [0.05, 0.1) is 6.04 Å². The second kappa shape index (κ2) is 9.46. The number of rotatable bonds is 5. The lowest BCUT2D eigenvalue weighted by Gasteiger charge is -2.39. The number of tetrazole rings is 1.